The van der Waals surface area contributed by atoms with Crippen molar-refractivity contribution in [3.05, 3.63) is 71.3 Å². The average molecular weight is 290 g/mol. The van der Waals surface area contributed by atoms with Crippen LogP contribution in [-0.2, 0) is 4.79 Å². The first-order valence-electron chi connectivity index (χ1n) is 6.05. The van der Waals surface area contributed by atoms with E-state index in [2.05, 4.69) is 0 Å². The van der Waals surface area contributed by atoms with E-state index in [1.807, 2.05) is 0 Å². The topological polar surface area (TPSA) is 46.5 Å². The molecule has 0 aromatic heterocycles. The first kappa shape index (κ1) is 14.7. The Hall–Kier alpha value is -2.69. The summed E-state index contributed by atoms with van der Waals surface area (Å²) in [5, 5.41) is 8.96. The highest BCUT2D eigenvalue weighted by Crippen LogP contribution is 2.26. The number of carboxylic acids is 1. The van der Waals surface area contributed by atoms with Crippen molar-refractivity contribution in [1.29, 1.82) is 0 Å². The zero-order chi connectivity index (χ0) is 15.4. The SMILES string of the molecule is COc1ccc(/C(=C\C(=O)O)c2cc(F)cc(F)c2)cc1. The number of carboxylic acid groups (broad SMARTS) is 1. The number of aliphatic carboxylic acids is 1. The Morgan fingerprint density at radius 2 is 1.62 bits per heavy atom. The van der Waals surface area contributed by atoms with Crippen LogP contribution in [0.3, 0.4) is 0 Å². The second kappa shape index (κ2) is 6.17. The van der Waals surface area contributed by atoms with E-state index in [4.69, 9.17) is 9.84 Å². The molecule has 2 rings (SSSR count). The van der Waals surface area contributed by atoms with Crippen LogP contribution < -0.4 is 4.74 Å². The van der Waals surface area contributed by atoms with Crippen molar-refractivity contribution in [3.8, 4) is 5.75 Å². The van der Waals surface area contributed by atoms with E-state index in [1.54, 1.807) is 24.3 Å². The van der Waals surface area contributed by atoms with Gasteiger partial charge in [0.25, 0.3) is 0 Å². The lowest BCUT2D eigenvalue weighted by atomic mass is 9.97. The molecule has 0 saturated carbocycles. The Kier molecular flexibility index (Phi) is 4.33. The van der Waals surface area contributed by atoms with Crippen LogP contribution in [0.25, 0.3) is 5.57 Å². The molecule has 0 saturated heterocycles. The monoisotopic (exact) mass is 290 g/mol. The van der Waals surface area contributed by atoms with Gasteiger partial charge in [0.05, 0.1) is 7.11 Å². The molecule has 0 aliphatic carbocycles. The number of benzene rings is 2. The summed E-state index contributed by atoms with van der Waals surface area (Å²) in [7, 11) is 1.50. The zero-order valence-corrected chi connectivity index (χ0v) is 11.1. The minimum Gasteiger partial charge on any atom is -0.497 e. The third-order valence-electron chi connectivity index (χ3n) is 2.84. The van der Waals surface area contributed by atoms with Crippen molar-refractivity contribution in [1.82, 2.24) is 0 Å². The average Bonchev–Trinajstić information content (AvgIpc) is 2.43. The third-order valence-corrected chi connectivity index (χ3v) is 2.84. The van der Waals surface area contributed by atoms with Crippen LogP contribution in [0.4, 0.5) is 8.78 Å². The summed E-state index contributed by atoms with van der Waals surface area (Å²) in [6.07, 6.45) is 0.913. The van der Waals surface area contributed by atoms with Gasteiger partial charge in [0.2, 0.25) is 0 Å². The molecule has 0 amide bonds. The van der Waals surface area contributed by atoms with E-state index < -0.39 is 17.6 Å². The molecule has 0 heterocycles. The maximum absolute atomic E-state index is 13.3. The van der Waals surface area contributed by atoms with Crippen molar-refractivity contribution in [2.24, 2.45) is 0 Å². The van der Waals surface area contributed by atoms with Gasteiger partial charge in [0.1, 0.15) is 17.4 Å². The number of carbonyl (C=O) groups is 1. The molecule has 2 aromatic rings. The Balaban J connectivity index is 2.55. The van der Waals surface area contributed by atoms with Gasteiger partial charge in [-0.15, -0.1) is 0 Å². The van der Waals surface area contributed by atoms with E-state index in [1.165, 1.54) is 7.11 Å². The van der Waals surface area contributed by atoms with E-state index >= 15 is 0 Å². The minimum absolute atomic E-state index is 0.153. The molecule has 0 bridgehead atoms. The summed E-state index contributed by atoms with van der Waals surface area (Å²) >= 11 is 0. The third kappa shape index (κ3) is 3.66. The second-order valence-corrected chi connectivity index (χ2v) is 4.28. The molecule has 3 nitrogen and oxygen atoms in total. The van der Waals surface area contributed by atoms with Gasteiger partial charge in [-0.25, -0.2) is 13.6 Å². The van der Waals surface area contributed by atoms with E-state index in [9.17, 15) is 13.6 Å². The molecule has 0 radical (unpaired) electrons. The fourth-order valence-electron chi connectivity index (χ4n) is 1.94. The molecule has 0 unspecified atom stereocenters. The summed E-state index contributed by atoms with van der Waals surface area (Å²) in [6, 6.07) is 9.42. The number of hydrogen-bond acceptors (Lipinski definition) is 2. The lowest BCUT2D eigenvalue weighted by Gasteiger charge is -2.09. The first-order chi connectivity index (χ1) is 9.99. The Morgan fingerprint density at radius 3 is 2.10 bits per heavy atom. The van der Waals surface area contributed by atoms with Gasteiger partial charge in [0.15, 0.2) is 0 Å². The fourth-order valence-corrected chi connectivity index (χ4v) is 1.94. The van der Waals surface area contributed by atoms with Crippen molar-refractivity contribution < 1.29 is 23.4 Å². The zero-order valence-electron chi connectivity index (χ0n) is 11.1. The molecule has 108 valence electrons. The van der Waals surface area contributed by atoms with Crippen LogP contribution in [0.1, 0.15) is 11.1 Å². The summed E-state index contributed by atoms with van der Waals surface area (Å²) in [5.41, 5.74) is 0.881. The minimum atomic E-state index is -1.20. The van der Waals surface area contributed by atoms with Crippen molar-refractivity contribution in [2.75, 3.05) is 7.11 Å². The van der Waals surface area contributed by atoms with E-state index in [0.717, 1.165) is 24.3 Å². The van der Waals surface area contributed by atoms with Crippen LogP contribution in [0, 0.1) is 11.6 Å². The molecule has 1 N–H and O–H groups in total. The van der Waals surface area contributed by atoms with Crippen LogP contribution in [0.15, 0.2) is 48.5 Å². The maximum Gasteiger partial charge on any atom is 0.328 e. The number of rotatable bonds is 4. The highest BCUT2D eigenvalue weighted by atomic mass is 19.1. The highest BCUT2D eigenvalue weighted by Gasteiger charge is 2.10. The van der Waals surface area contributed by atoms with Gasteiger partial charge >= 0.3 is 5.97 Å². The lowest BCUT2D eigenvalue weighted by molar-refractivity contribution is -0.131. The normalized spacial score (nSPS) is 11.3. The molecular weight excluding hydrogens is 278 g/mol. The second-order valence-electron chi connectivity index (χ2n) is 4.28. The number of ether oxygens (including phenoxy) is 1. The predicted molar refractivity (Wildman–Crippen MR) is 74.1 cm³/mol. The summed E-state index contributed by atoms with van der Waals surface area (Å²) < 4.78 is 31.7. The molecule has 0 spiro atoms. The fraction of sp³-hybridized carbons (Fsp3) is 0.0625. The van der Waals surface area contributed by atoms with Crippen molar-refractivity contribution >= 4 is 11.5 Å². The van der Waals surface area contributed by atoms with Gasteiger partial charge in [-0.05, 0) is 41.0 Å². The molecule has 21 heavy (non-hydrogen) atoms. The van der Waals surface area contributed by atoms with Gasteiger partial charge in [-0.2, -0.15) is 0 Å². The largest absolute Gasteiger partial charge is 0.497 e. The van der Waals surface area contributed by atoms with Gasteiger partial charge in [-0.3, -0.25) is 0 Å². The van der Waals surface area contributed by atoms with E-state index in [0.29, 0.717) is 11.3 Å². The summed E-state index contributed by atoms with van der Waals surface area (Å²) in [5.74, 6) is -2.14. The van der Waals surface area contributed by atoms with Crippen molar-refractivity contribution in [2.45, 2.75) is 0 Å². The van der Waals surface area contributed by atoms with Gasteiger partial charge in [0, 0.05) is 12.1 Å². The quantitative estimate of drug-likeness (QED) is 0.877. The van der Waals surface area contributed by atoms with Crippen LogP contribution in [0.5, 0.6) is 5.75 Å². The standard InChI is InChI=1S/C16H12F2O3/c1-21-14-4-2-10(3-5-14)15(9-16(19)20)11-6-12(17)8-13(18)7-11/h2-9H,1H3,(H,19,20)/b15-9+. The number of halogens is 2. The van der Waals surface area contributed by atoms with E-state index in [-0.39, 0.29) is 11.1 Å². The molecular formula is C16H12F2O3. The lowest BCUT2D eigenvalue weighted by Crippen LogP contribution is -1.96. The summed E-state index contributed by atoms with van der Waals surface area (Å²) in [6.45, 7) is 0. The molecule has 5 heteroatoms. The maximum atomic E-state index is 13.3. The first-order valence-corrected chi connectivity index (χ1v) is 6.05. The molecule has 2 aromatic carbocycles. The Labute approximate surface area is 120 Å². The van der Waals surface area contributed by atoms with Crippen LogP contribution >= 0.6 is 0 Å². The number of methoxy groups -OCH3 is 1. The predicted octanol–water partition coefficient (Wildman–Crippen LogP) is 3.49. The Bertz CT molecular complexity index is 671. The number of hydrogen-bond donors (Lipinski definition) is 1. The van der Waals surface area contributed by atoms with Crippen molar-refractivity contribution in [3.63, 3.8) is 0 Å². The highest BCUT2D eigenvalue weighted by molar-refractivity contribution is 5.95. The van der Waals surface area contributed by atoms with Gasteiger partial charge < -0.3 is 9.84 Å². The molecule has 0 atom stereocenters. The van der Waals surface area contributed by atoms with Gasteiger partial charge in [-0.1, -0.05) is 12.1 Å². The smallest absolute Gasteiger partial charge is 0.328 e. The Morgan fingerprint density at radius 1 is 1.05 bits per heavy atom. The molecule has 0 fully saturated rings. The van der Waals surface area contributed by atoms with Crippen LogP contribution in [0.2, 0.25) is 0 Å². The van der Waals surface area contributed by atoms with Crippen LogP contribution in [-0.4, -0.2) is 18.2 Å². The molecule has 0 aliphatic rings. The summed E-state index contributed by atoms with van der Waals surface area (Å²) in [4.78, 5) is 11.0. The molecule has 0 aliphatic heterocycles.